The van der Waals surface area contributed by atoms with Crippen LogP contribution in [0, 0.1) is 12.1 Å². The van der Waals surface area contributed by atoms with Crippen molar-refractivity contribution >= 4 is 50.6 Å². The van der Waals surface area contributed by atoms with Crippen LogP contribution in [0.25, 0.3) is 61.0 Å². The van der Waals surface area contributed by atoms with Crippen molar-refractivity contribution in [2.75, 3.05) is 23.5 Å². The minimum absolute atomic E-state index is 0. The summed E-state index contributed by atoms with van der Waals surface area (Å²) in [4.78, 5) is 11.7. The molecule has 0 bridgehead atoms. The average molecular weight is 906 g/mol. The zero-order chi connectivity index (χ0) is 36.0. The van der Waals surface area contributed by atoms with Gasteiger partial charge in [0.15, 0.2) is 0 Å². The van der Waals surface area contributed by atoms with E-state index in [0.29, 0.717) is 0 Å². The fraction of sp³-hybridized carbons (Fsp3) is 0.0408. The Morgan fingerprint density at radius 3 is 1.98 bits per heavy atom. The molecule has 0 saturated heterocycles. The van der Waals surface area contributed by atoms with Crippen LogP contribution in [0.15, 0.2) is 186 Å². The Hall–Kier alpha value is -5.87. The van der Waals surface area contributed by atoms with Gasteiger partial charge in [-0.2, -0.15) is 24.3 Å². The molecular formula is C49H34N4PtS. The van der Waals surface area contributed by atoms with E-state index in [9.17, 15) is 0 Å². The van der Waals surface area contributed by atoms with Crippen molar-refractivity contribution in [3.63, 3.8) is 0 Å². The van der Waals surface area contributed by atoms with Crippen molar-refractivity contribution < 1.29 is 21.1 Å². The maximum absolute atomic E-state index is 5.03. The van der Waals surface area contributed by atoms with Crippen molar-refractivity contribution in [1.82, 2.24) is 9.55 Å². The molecule has 6 heteroatoms. The summed E-state index contributed by atoms with van der Waals surface area (Å²) >= 11 is 1.69. The molecule has 2 aromatic heterocycles. The number of nitrogens with zero attached hydrogens (tertiary/aromatic N) is 4. The van der Waals surface area contributed by atoms with Gasteiger partial charge in [-0.1, -0.05) is 120 Å². The van der Waals surface area contributed by atoms with Gasteiger partial charge in [-0.15, -0.1) is 45.1 Å². The van der Waals surface area contributed by atoms with Gasteiger partial charge in [0.2, 0.25) is 0 Å². The maximum Gasteiger partial charge on any atom is 2.00 e. The first-order valence-electron chi connectivity index (χ1n) is 18.1. The molecule has 1 aliphatic heterocycles. The summed E-state index contributed by atoms with van der Waals surface area (Å²) in [6.45, 7) is 0.789. The van der Waals surface area contributed by atoms with Gasteiger partial charge in [0.1, 0.15) is 5.82 Å². The molecule has 10 rings (SSSR count). The standard InChI is InChI=1S/C49H34N4S.Pt/c1-51-33-52(46-25-11-10-24-45(46)51)37-18-12-19-38(31-37)54-39-26-27-43-42-20-8-9-23-44(42)53(47(43)32-39)48-30-36(28-29-50-48)49-40(34-14-4-2-5-15-34)21-13-22-41(49)35-16-6-3-7-17-35;/h2-30H,33H2,1H3;/q-2;+2. The molecule has 55 heavy (non-hydrogen) atoms. The molecule has 0 fully saturated rings. The second-order valence-electron chi connectivity index (χ2n) is 13.6. The molecule has 266 valence electrons. The molecule has 0 saturated carbocycles. The van der Waals surface area contributed by atoms with E-state index in [1.165, 1.54) is 44.6 Å². The molecule has 1 aliphatic rings. The summed E-state index contributed by atoms with van der Waals surface area (Å²) in [5, 5.41) is 2.32. The number of hydrogen-bond donors (Lipinski definition) is 0. The summed E-state index contributed by atoms with van der Waals surface area (Å²) < 4.78 is 2.27. The summed E-state index contributed by atoms with van der Waals surface area (Å²) in [6.07, 6.45) is 1.94. The van der Waals surface area contributed by atoms with Gasteiger partial charge in [-0.25, -0.2) is 4.98 Å². The third-order valence-electron chi connectivity index (χ3n) is 10.3. The third-order valence-corrected chi connectivity index (χ3v) is 11.2. The Morgan fingerprint density at radius 2 is 1.22 bits per heavy atom. The Kier molecular flexibility index (Phi) is 9.35. The first kappa shape index (κ1) is 34.9. The van der Waals surface area contributed by atoms with Crippen LogP contribution in [0.1, 0.15) is 0 Å². The minimum atomic E-state index is 0. The van der Waals surface area contributed by atoms with E-state index >= 15 is 0 Å². The number of benzene rings is 7. The Balaban J connectivity index is 0.00000397. The van der Waals surface area contributed by atoms with Crippen LogP contribution in [0.2, 0.25) is 0 Å². The Morgan fingerprint density at radius 1 is 0.564 bits per heavy atom. The third kappa shape index (κ3) is 6.34. The predicted octanol–water partition coefficient (Wildman–Crippen LogP) is 12.5. The molecule has 0 atom stereocenters. The summed E-state index contributed by atoms with van der Waals surface area (Å²) in [5.41, 5.74) is 12.6. The van der Waals surface area contributed by atoms with Gasteiger partial charge >= 0.3 is 21.1 Å². The topological polar surface area (TPSA) is 24.3 Å². The number of fused-ring (bicyclic) bond motifs is 4. The van der Waals surface area contributed by atoms with E-state index in [4.69, 9.17) is 4.98 Å². The van der Waals surface area contributed by atoms with Gasteiger partial charge in [0, 0.05) is 18.8 Å². The van der Waals surface area contributed by atoms with Gasteiger partial charge in [0.05, 0.1) is 18.0 Å². The fourth-order valence-corrected chi connectivity index (χ4v) is 8.63. The van der Waals surface area contributed by atoms with Crippen LogP contribution in [0.4, 0.5) is 17.1 Å². The van der Waals surface area contributed by atoms with Gasteiger partial charge < -0.3 is 14.4 Å². The van der Waals surface area contributed by atoms with Crippen LogP contribution in [-0.4, -0.2) is 23.3 Å². The number of rotatable bonds is 7. The average Bonchev–Trinajstić information content (AvgIpc) is 3.75. The molecule has 0 N–H and O–H groups in total. The van der Waals surface area contributed by atoms with E-state index < -0.39 is 0 Å². The summed E-state index contributed by atoms with van der Waals surface area (Å²) in [6, 6.07) is 67.7. The van der Waals surface area contributed by atoms with Crippen LogP contribution < -0.4 is 9.80 Å². The van der Waals surface area contributed by atoms with Crippen molar-refractivity contribution in [3.8, 4) is 39.2 Å². The first-order chi connectivity index (χ1) is 26.7. The molecule has 0 unspecified atom stereocenters. The smallest absolute Gasteiger partial charge is 0.355 e. The number of hydrogen-bond acceptors (Lipinski definition) is 4. The molecule has 4 nitrogen and oxygen atoms in total. The van der Waals surface area contributed by atoms with Crippen LogP contribution in [-0.2, 0) is 21.1 Å². The normalized spacial score (nSPS) is 12.2. The van der Waals surface area contributed by atoms with Crippen molar-refractivity contribution in [2.24, 2.45) is 0 Å². The Bertz CT molecular complexity index is 2760. The van der Waals surface area contributed by atoms with Gasteiger partial charge in [0.25, 0.3) is 0 Å². The monoisotopic (exact) mass is 905 g/mol. The van der Waals surface area contributed by atoms with E-state index in [2.05, 4.69) is 203 Å². The first-order valence-corrected chi connectivity index (χ1v) is 19.0. The van der Waals surface area contributed by atoms with Crippen LogP contribution >= 0.6 is 11.8 Å². The predicted molar refractivity (Wildman–Crippen MR) is 225 cm³/mol. The number of anilines is 3. The number of para-hydroxylation sites is 3. The van der Waals surface area contributed by atoms with Gasteiger partial charge in [-0.05, 0) is 69.1 Å². The second kappa shape index (κ2) is 14.8. The van der Waals surface area contributed by atoms with E-state index in [0.717, 1.165) is 49.9 Å². The molecule has 0 radical (unpaired) electrons. The molecule has 9 aromatic rings. The van der Waals surface area contributed by atoms with E-state index in [1.54, 1.807) is 11.8 Å². The van der Waals surface area contributed by atoms with Crippen molar-refractivity contribution in [1.29, 1.82) is 0 Å². The molecule has 0 amide bonds. The van der Waals surface area contributed by atoms with Crippen molar-refractivity contribution in [3.05, 3.63) is 188 Å². The SMILES string of the molecule is CN1CN(c2[c-]c(Sc3[c-]c4c(cc3)c3ccccc3n4-c3cc(-c4c(-c5ccccc5)cccc4-c4ccccc4)ccn3)ccc2)c2ccccc21.[Pt+2]. The zero-order valence-corrected chi connectivity index (χ0v) is 33.1. The molecule has 0 aliphatic carbocycles. The van der Waals surface area contributed by atoms with E-state index in [1.807, 2.05) is 6.20 Å². The molecule has 0 spiro atoms. The van der Waals surface area contributed by atoms with Gasteiger partial charge in [-0.3, -0.25) is 0 Å². The molecular weight excluding hydrogens is 872 g/mol. The fourth-order valence-electron chi connectivity index (χ4n) is 7.81. The second-order valence-corrected chi connectivity index (χ2v) is 14.6. The van der Waals surface area contributed by atoms with E-state index in [-0.39, 0.29) is 21.1 Å². The number of pyridine rings is 1. The maximum atomic E-state index is 5.03. The molecule has 7 aromatic carbocycles. The summed E-state index contributed by atoms with van der Waals surface area (Å²) in [5.74, 6) is 0.851. The quantitative estimate of drug-likeness (QED) is 0.149. The largest absolute Gasteiger partial charge is 2.00 e. The zero-order valence-electron chi connectivity index (χ0n) is 30.0. The minimum Gasteiger partial charge on any atom is -0.355 e. The number of aromatic nitrogens is 2. The summed E-state index contributed by atoms with van der Waals surface area (Å²) in [7, 11) is 2.13. The van der Waals surface area contributed by atoms with Crippen LogP contribution in [0.5, 0.6) is 0 Å². The van der Waals surface area contributed by atoms with Crippen LogP contribution in [0.3, 0.4) is 0 Å². The van der Waals surface area contributed by atoms with Crippen molar-refractivity contribution in [2.45, 2.75) is 9.79 Å². The Labute approximate surface area is 340 Å². The molecule has 3 heterocycles.